The van der Waals surface area contributed by atoms with E-state index in [4.69, 9.17) is 5.73 Å². The van der Waals surface area contributed by atoms with Gasteiger partial charge in [-0.3, -0.25) is 10.1 Å². The van der Waals surface area contributed by atoms with Crippen LogP contribution in [-0.2, 0) is 4.79 Å². The molecule has 1 atom stereocenters. The molecule has 3 amide bonds. The van der Waals surface area contributed by atoms with Crippen LogP contribution in [0.3, 0.4) is 0 Å². The van der Waals surface area contributed by atoms with Crippen molar-refractivity contribution in [1.82, 2.24) is 10.6 Å². The number of amides is 3. The first-order valence-corrected chi connectivity index (χ1v) is 5.87. The molecule has 2 fully saturated rings. The number of imide groups is 1. The average Bonchev–Trinajstić information content (AvgIpc) is 3.03. The molecule has 0 aromatic rings. The van der Waals surface area contributed by atoms with Crippen LogP contribution >= 0.6 is 0 Å². The van der Waals surface area contributed by atoms with Crippen LogP contribution in [0, 0.1) is 11.3 Å². The van der Waals surface area contributed by atoms with Gasteiger partial charge in [-0.2, -0.15) is 0 Å². The predicted octanol–water partition coefficient (Wildman–Crippen LogP) is 0.350. The molecule has 5 nitrogen and oxygen atoms in total. The number of carbonyl (C=O) groups excluding carboxylic acids is 2. The van der Waals surface area contributed by atoms with Crippen molar-refractivity contribution < 1.29 is 9.59 Å². The summed E-state index contributed by atoms with van der Waals surface area (Å²) in [7, 11) is 0. The highest BCUT2D eigenvalue weighted by atomic mass is 16.2. The lowest BCUT2D eigenvalue weighted by Crippen LogP contribution is -2.47. The lowest BCUT2D eigenvalue weighted by Gasteiger charge is -2.18. The number of hydrogen-bond donors (Lipinski definition) is 3. The maximum Gasteiger partial charge on any atom is 0.318 e. The van der Waals surface area contributed by atoms with E-state index >= 15 is 0 Å². The fourth-order valence-electron chi connectivity index (χ4n) is 2.26. The minimum absolute atomic E-state index is 0.348. The van der Waals surface area contributed by atoms with Crippen LogP contribution in [0.2, 0.25) is 0 Å². The smallest absolute Gasteiger partial charge is 0.318 e. The van der Waals surface area contributed by atoms with E-state index in [1.807, 2.05) is 0 Å². The Balaban J connectivity index is 1.73. The molecule has 2 aliphatic carbocycles. The van der Waals surface area contributed by atoms with Gasteiger partial charge in [-0.15, -0.1) is 0 Å². The molecule has 0 bridgehead atoms. The van der Waals surface area contributed by atoms with Crippen LogP contribution in [0.1, 0.15) is 32.6 Å². The standard InChI is InChI=1S/C11H19N3O2/c1-7(9(15)14-10(12)16)13-6-11(4-5-11)8-2-3-8/h7-8,13H,2-6H2,1H3,(H3,12,14,15,16). The minimum atomic E-state index is -0.790. The maximum absolute atomic E-state index is 11.4. The second-order valence-corrected chi connectivity index (χ2v) is 5.09. The predicted molar refractivity (Wildman–Crippen MR) is 59.6 cm³/mol. The van der Waals surface area contributed by atoms with Crippen molar-refractivity contribution in [3.8, 4) is 0 Å². The second kappa shape index (κ2) is 4.05. The Labute approximate surface area is 95.1 Å². The number of carbonyl (C=O) groups is 2. The molecule has 5 heteroatoms. The highest BCUT2D eigenvalue weighted by molar-refractivity contribution is 5.96. The van der Waals surface area contributed by atoms with Gasteiger partial charge in [0.15, 0.2) is 0 Å². The van der Waals surface area contributed by atoms with E-state index < -0.39 is 6.03 Å². The number of nitrogens with two attached hydrogens (primary N) is 1. The van der Waals surface area contributed by atoms with Crippen molar-refractivity contribution in [3.63, 3.8) is 0 Å². The highest BCUT2D eigenvalue weighted by Crippen LogP contribution is 2.60. The fraction of sp³-hybridized carbons (Fsp3) is 0.818. The number of urea groups is 1. The number of primary amides is 1. The molecule has 2 aliphatic rings. The Morgan fingerprint density at radius 1 is 1.44 bits per heavy atom. The monoisotopic (exact) mass is 225 g/mol. The maximum atomic E-state index is 11.4. The largest absolute Gasteiger partial charge is 0.351 e. The number of nitrogens with one attached hydrogen (secondary N) is 2. The number of hydrogen-bond acceptors (Lipinski definition) is 3. The second-order valence-electron chi connectivity index (χ2n) is 5.09. The summed E-state index contributed by atoms with van der Waals surface area (Å²) in [5, 5.41) is 5.27. The summed E-state index contributed by atoms with van der Waals surface area (Å²) < 4.78 is 0. The zero-order valence-electron chi connectivity index (χ0n) is 9.58. The fourth-order valence-corrected chi connectivity index (χ4v) is 2.26. The molecule has 1 unspecified atom stereocenters. The zero-order chi connectivity index (χ0) is 11.8. The van der Waals surface area contributed by atoms with E-state index in [9.17, 15) is 9.59 Å². The van der Waals surface area contributed by atoms with Crippen LogP contribution in [0.4, 0.5) is 4.79 Å². The molecule has 0 radical (unpaired) electrons. The number of rotatable bonds is 5. The van der Waals surface area contributed by atoms with E-state index in [1.54, 1.807) is 6.92 Å². The molecule has 0 aromatic heterocycles. The van der Waals surface area contributed by atoms with E-state index in [1.165, 1.54) is 25.7 Å². The quantitative estimate of drug-likeness (QED) is 0.631. The van der Waals surface area contributed by atoms with E-state index in [-0.39, 0.29) is 11.9 Å². The molecule has 90 valence electrons. The van der Waals surface area contributed by atoms with Crippen LogP contribution in [0.15, 0.2) is 0 Å². The summed E-state index contributed by atoms with van der Waals surface area (Å²) in [5.74, 6) is 0.519. The van der Waals surface area contributed by atoms with E-state index in [0.717, 1.165) is 12.5 Å². The van der Waals surface area contributed by atoms with Gasteiger partial charge in [-0.25, -0.2) is 4.79 Å². The lowest BCUT2D eigenvalue weighted by atomic mass is 10.0. The topological polar surface area (TPSA) is 84.2 Å². The molecule has 4 N–H and O–H groups in total. The Bertz CT molecular complexity index is 308. The van der Waals surface area contributed by atoms with Gasteiger partial charge in [0, 0.05) is 6.54 Å². The summed E-state index contributed by atoms with van der Waals surface area (Å²) in [6.07, 6.45) is 5.22. The van der Waals surface area contributed by atoms with Gasteiger partial charge in [0.05, 0.1) is 6.04 Å². The molecule has 0 aliphatic heterocycles. The average molecular weight is 225 g/mol. The van der Waals surface area contributed by atoms with Crippen molar-refractivity contribution >= 4 is 11.9 Å². The Hall–Kier alpha value is -1.10. The summed E-state index contributed by atoms with van der Waals surface area (Å²) >= 11 is 0. The summed E-state index contributed by atoms with van der Waals surface area (Å²) in [6, 6.07) is -1.15. The highest BCUT2D eigenvalue weighted by Gasteiger charge is 2.53. The third kappa shape index (κ3) is 2.52. The molecule has 0 spiro atoms. The van der Waals surface area contributed by atoms with Crippen molar-refractivity contribution in [2.45, 2.75) is 38.6 Å². The molecule has 2 rings (SSSR count). The first kappa shape index (κ1) is 11.4. The summed E-state index contributed by atoms with van der Waals surface area (Å²) in [4.78, 5) is 21.9. The lowest BCUT2D eigenvalue weighted by molar-refractivity contribution is -0.121. The van der Waals surface area contributed by atoms with Gasteiger partial charge in [0.1, 0.15) is 0 Å². The molecule has 0 saturated heterocycles. The molecule has 0 aromatic carbocycles. The zero-order valence-corrected chi connectivity index (χ0v) is 9.58. The Kier molecular flexibility index (Phi) is 2.88. The first-order chi connectivity index (χ1) is 7.53. The summed E-state index contributed by atoms with van der Waals surface area (Å²) in [5.41, 5.74) is 5.34. The first-order valence-electron chi connectivity index (χ1n) is 5.87. The normalized spacial score (nSPS) is 23.6. The van der Waals surface area contributed by atoms with Gasteiger partial charge < -0.3 is 11.1 Å². The van der Waals surface area contributed by atoms with Gasteiger partial charge in [-0.1, -0.05) is 0 Å². The van der Waals surface area contributed by atoms with Gasteiger partial charge in [0.2, 0.25) is 5.91 Å². The van der Waals surface area contributed by atoms with Crippen LogP contribution < -0.4 is 16.4 Å². The van der Waals surface area contributed by atoms with Gasteiger partial charge in [0.25, 0.3) is 0 Å². The third-order valence-corrected chi connectivity index (χ3v) is 3.74. The molecular weight excluding hydrogens is 206 g/mol. The van der Waals surface area contributed by atoms with E-state index in [0.29, 0.717) is 5.41 Å². The Morgan fingerprint density at radius 2 is 2.06 bits per heavy atom. The third-order valence-electron chi connectivity index (χ3n) is 3.74. The Morgan fingerprint density at radius 3 is 2.50 bits per heavy atom. The molecular formula is C11H19N3O2. The van der Waals surface area contributed by atoms with Gasteiger partial charge >= 0.3 is 6.03 Å². The van der Waals surface area contributed by atoms with Crippen molar-refractivity contribution in [2.75, 3.05) is 6.54 Å². The minimum Gasteiger partial charge on any atom is -0.351 e. The van der Waals surface area contributed by atoms with E-state index in [2.05, 4.69) is 10.6 Å². The molecule has 0 heterocycles. The molecule has 2 saturated carbocycles. The SMILES string of the molecule is CC(NCC1(C2CC2)CC1)C(=O)NC(N)=O. The van der Waals surface area contributed by atoms with Crippen LogP contribution in [0.25, 0.3) is 0 Å². The van der Waals surface area contributed by atoms with Crippen molar-refractivity contribution in [1.29, 1.82) is 0 Å². The van der Waals surface area contributed by atoms with Crippen LogP contribution in [-0.4, -0.2) is 24.5 Å². The van der Waals surface area contributed by atoms with Gasteiger partial charge in [-0.05, 0) is 43.9 Å². The van der Waals surface area contributed by atoms with Crippen molar-refractivity contribution in [2.24, 2.45) is 17.1 Å². The summed E-state index contributed by atoms with van der Waals surface area (Å²) in [6.45, 7) is 2.63. The van der Waals surface area contributed by atoms with Crippen LogP contribution in [0.5, 0.6) is 0 Å². The van der Waals surface area contributed by atoms with Crippen molar-refractivity contribution in [3.05, 3.63) is 0 Å². The molecule has 16 heavy (non-hydrogen) atoms.